The van der Waals surface area contributed by atoms with Crippen LogP contribution in [-0.2, 0) is 0 Å². The lowest BCUT2D eigenvalue weighted by molar-refractivity contribution is -0.385. The lowest BCUT2D eigenvalue weighted by atomic mass is 10.1. The van der Waals surface area contributed by atoms with Crippen molar-refractivity contribution in [3.05, 3.63) is 69.8 Å². The van der Waals surface area contributed by atoms with Gasteiger partial charge in [0, 0.05) is 32.2 Å². The van der Waals surface area contributed by atoms with Crippen molar-refractivity contribution in [3.63, 3.8) is 0 Å². The predicted molar refractivity (Wildman–Crippen MR) is 101 cm³/mol. The van der Waals surface area contributed by atoms with Gasteiger partial charge < -0.3 is 15.1 Å². The fourth-order valence-electron chi connectivity index (χ4n) is 2.97. The maximum Gasteiger partial charge on any atom is 0.282 e. The standard InChI is InChI=1S/C19H20N4O4/c1-21-10-12-22(13-11-21)19(25)14-6-2-4-8-16(14)20-18(24)15-7-3-5-9-17(15)23(26)27/h2-9H,10-13H2,1H3,(H,20,24). The topological polar surface area (TPSA) is 95.8 Å². The number of nitrogens with one attached hydrogen (secondary N) is 1. The predicted octanol–water partition coefficient (Wildman–Crippen LogP) is 2.23. The molecule has 1 saturated heterocycles. The number of amides is 2. The number of benzene rings is 2. The zero-order valence-electron chi connectivity index (χ0n) is 14.9. The molecule has 0 saturated carbocycles. The molecule has 8 heteroatoms. The van der Waals surface area contributed by atoms with Crippen LogP contribution in [-0.4, -0.2) is 59.8 Å². The van der Waals surface area contributed by atoms with Crippen LogP contribution >= 0.6 is 0 Å². The minimum Gasteiger partial charge on any atom is -0.336 e. The van der Waals surface area contributed by atoms with Gasteiger partial charge in [0.1, 0.15) is 5.56 Å². The molecule has 0 unspecified atom stereocenters. The number of rotatable bonds is 4. The van der Waals surface area contributed by atoms with Crippen molar-refractivity contribution in [1.82, 2.24) is 9.80 Å². The fraction of sp³-hybridized carbons (Fsp3) is 0.263. The van der Waals surface area contributed by atoms with Crippen LogP contribution in [0.4, 0.5) is 11.4 Å². The number of para-hydroxylation sites is 2. The molecule has 8 nitrogen and oxygen atoms in total. The highest BCUT2D eigenvalue weighted by Gasteiger charge is 2.24. The summed E-state index contributed by atoms with van der Waals surface area (Å²) >= 11 is 0. The Morgan fingerprint density at radius 3 is 2.22 bits per heavy atom. The molecule has 1 fully saturated rings. The summed E-state index contributed by atoms with van der Waals surface area (Å²) in [5.74, 6) is -0.789. The van der Waals surface area contributed by atoms with Crippen LogP contribution in [0, 0.1) is 10.1 Å². The van der Waals surface area contributed by atoms with E-state index in [1.54, 1.807) is 35.2 Å². The summed E-state index contributed by atoms with van der Waals surface area (Å²) in [6.07, 6.45) is 0. The molecule has 140 valence electrons. The van der Waals surface area contributed by atoms with Crippen LogP contribution in [0.25, 0.3) is 0 Å². The van der Waals surface area contributed by atoms with E-state index >= 15 is 0 Å². The highest BCUT2D eigenvalue weighted by atomic mass is 16.6. The molecular weight excluding hydrogens is 348 g/mol. The monoisotopic (exact) mass is 368 g/mol. The van der Waals surface area contributed by atoms with E-state index < -0.39 is 10.8 Å². The minimum atomic E-state index is -0.624. The van der Waals surface area contributed by atoms with Gasteiger partial charge in [-0.2, -0.15) is 0 Å². The van der Waals surface area contributed by atoms with Gasteiger partial charge in [0.05, 0.1) is 16.2 Å². The first-order valence-electron chi connectivity index (χ1n) is 8.59. The molecule has 2 amide bonds. The summed E-state index contributed by atoms with van der Waals surface area (Å²) < 4.78 is 0. The largest absolute Gasteiger partial charge is 0.336 e. The smallest absolute Gasteiger partial charge is 0.282 e. The van der Waals surface area contributed by atoms with Gasteiger partial charge in [0.2, 0.25) is 0 Å². The van der Waals surface area contributed by atoms with Crippen LogP contribution in [0.2, 0.25) is 0 Å². The molecule has 2 aromatic rings. The second-order valence-electron chi connectivity index (χ2n) is 6.37. The Bertz CT molecular complexity index is 876. The van der Waals surface area contributed by atoms with E-state index in [4.69, 9.17) is 0 Å². The molecular formula is C19H20N4O4. The van der Waals surface area contributed by atoms with Gasteiger partial charge in [-0.3, -0.25) is 19.7 Å². The number of piperazine rings is 1. The molecule has 3 rings (SSSR count). The number of nitrogens with zero attached hydrogens (tertiary/aromatic N) is 3. The second-order valence-corrected chi connectivity index (χ2v) is 6.37. The second kappa shape index (κ2) is 7.96. The number of nitro benzene ring substituents is 1. The molecule has 1 aliphatic rings. The molecule has 27 heavy (non-hydrogen) atoms. The first-order valence-corrected chi connectivity index (χ1v) is 8.59. The number of carbonyl (C=O) groups excluding carboxylic acids is 2. The van der Waals surface area contributed by atoms with Crippen molar-refractivity contribution in [3.8, 4) is 0 Å². The fourth-order valence-corrected chi connectivity index (χ4v) is 2.97. The summed E-state index contributed by atoms with van der Waals surface area (Å²) in [6, 6.07) is 12.4. The normalized spacial score (nSPS) is 14.6. The van der Waals surface area contributed by atoms with E-state index in [0.717, 1.165) is 13.1 Å². The number of carbonyl (C=O) groups is 2. The average Bonchev–Trinajstić information content (AvgIpc) is 2.68. The van der Waals surface area contributed by atoms with Gasteiger partial charge >= 0.3 is 0 Å². The van der Waals surface area contributed by atoms with Crippen molar-refractivity contribution in [1.29, 1.82) is 0 Å². The van der Waals surface area contributed by atoms with Crippen LogP contribution in [0.3, 0.4) is 0 Å². The van der Waals surface area contributed by atoms with Crippen molar-refractivity contribution >= 4 is 23.2 Å². The van der Waals surface area contributed by atoms with E-state index in [1.807, 2.05) is 7.05 Å². The molecule has 1 N–H and O–H groups in total. The molecule has 0 radical (unpaired) electrons. The SMILES string of the molecule is CN1CCN(C(=O)c2ccccc2NC(=O)c2ccccc2[N+](=O)[O-])CC1. The summed E-state index contributed by atoms with van der Waals surface area (Å²) in [5, 5.41) is 13.8. The highest BCUT2D eigenvalue weighted by Crippen LogP contribution is 2.22. The van der Waals surface area contributed by atoms with Crippen LogP contribution in [0.1, 0.15) is 20.7 Å². The molecule has 0 bridgehead atoms. The van der Waals surface area contributed by atoms with E-state index in [-0.39, 0.29) is 17.2 Å². The average molecular weight is 368 g/mol. The summed E-state index contributed by atoms with van der Waals surface area (Å²) in [5.41, 5.74) is 0.376. The Hall–Kier alpha value is -3.26. The number of hydrogen-bond donors (Lipinski definition) is 1. The summed E-state index contributed by atoms with van der Waals surface area (Å²) in [4.78, 5) is 39.9. The number of likely N-dealkylation sites (N-methyl/N-ethyl adjacent to an activating group) is 1. The minimum absolute atomic E-state index is 0.0515. The molecule has 0 aromatic heterocycles. The van der Waals surface area contributed by atoms with Gasteiger partial charge in [-0.25, -0.2) is 0 Å². The Kier molecular flexibility index (Phi) is 5.46. The van der Waals surface area contributed by atoms with Crippen molar-refractivity contribution in [2.24, 2.45) is 0 Å². The lowest BCUT2D eigenvalue weighted by Gasteiger charge is -2.32. The summed E-state index contributed by atoms with van der Waals surface area (Å²) in [6.45, 7) is 2.80. The third-order valence-corrected chi connectivity index (χ3v) is 4.54. The van der Waals surface area contributed by atoms with E-state index in [1.165, 1.54) is 18.2 Å². The Balaban J connectivity index is 1.83. The van der Waals surface area contributed by atoms with Crippen LogP contribution < -0.4 is 5.32 Å². The van der Waals surface area contributed by atoms with Gasteiger partial charge in [-0.15, -0.1) is 0 Å². The number of hydrogen-bond acceptors (Lipinski definition) is 5. The van der Waals surface area contributed by atoms with Crippen molar-refractivity contribution in [2.45, 2.75) is 0 Å². The quantitative estimate of drug-likeness (QED) is 0.659. The number of anilines is 1. The summed E-state index contributed by atoms with van der Waals surface area (Å²) in [7, 11) is 2.00. The maximum atomic E-state index is 12.9. The Morgan fingerprint density at radius 2 is 1.56 bits per heavy atom. The van der Waals surface area contributed by atoms with Crippen LogP contribution in [0.5, 0.6) is 0 Å². The molecule has 1 heterocycles. The van der Waals surface area contributed by atoms with Crippen molar-refractivity contribution in [2.75, 3.05) is 38.5 Å². The third kappa shape index (κ3) is 4.12. The van der Waals surface area contributed by atoms with Gasteiger partial charge in [0.15, 0.2) is 0 Å². The number of nitro groups is 1. The van der Waals surface area contributed by atoms with Gasteiger partial charge in [-0.05, 0) is 25.2 Å². The zero-order valence-corrected chi connectivity index (χ0v) is 14.9. The maximum absolute atomic E-state index is 12.9. The Morgan fingerprint density at radius 1 is 0.963 bits per heavy atom. The first kappa shape index (κ1) is 18.5. The zero-order chi connectivity index (χ0) is 19.4. The van der Waals surface area contributed by atoms with Crippen LogP contribution in [0.15, 0.2) is 48.5 Å². The molecule has 2 aromatic carbocycles. The van der Waals surface area contributed by atoms with Gasteiger partial charge in [0.25, 0.3) is 17.5 Å². The van der Waals surface area contributed by atoms with E-state index in [9.17, 15) is 19.7 Å². The highest BCUT2D eigenvalue weighted by molar-refractivity contribution is 6.10. The molecule has 1 aliphatic heterocycles. The Labute approximate surface area is 156 Å². The molecule has 0 aliphatic carbocycles. The van der Waals surface area contributed by atoms with Gasteiger partial charge in [-0.1, -0.05) is 24.3 Å². The third-order valence-electron chi connectivity index (χ3n) is 4.54. The van der Waals surface area contributed by atoms with Crippen molar-refractivity contribution < 1.29 is 14.5 Å². The van der Waals surface area contributed by atoms with E-state index in [0.29, 0.717) is 24.3 Å². The van der Waals surface area contributed by atoms with E-state index in [2.05, 4.69) is 10.2 Å². The molecule has 0 atom stereocenters. The lowest BCUT2D eigenvalue weighted by Crippen LogP contribution is -2.47. The first-order chi connectivity index (χ1) is 13.0. The molecule has 0 spiro atoms.